The van der Waals surface area contributed by atoms with Crippen molar-refractivity contribution in [1.29, 1.82) is 0 Å². The second-order valence-corrected chi connectivity index (χ2v) is 4.58. The maximum Gasteiger partial charge on any atom is 0.181 e. The molecule has 3 N–H and O–H groups in total. The van der Waals surface area contributed by atoms with E-state index in [0.29, 0.717) is 17.2 Å². The van der Waals surface area contributed by atoms with Crippen LogP contribution in [0.1, 0.15) is 17.4 Å². The molecule has 0 aliphatic rings. The third-order valence-corrected chi connectivity index (χ3v) is 3.13. The van der Waals surface area contributed by atoms with E-state index in [1.807, 2.05) is 0 Å². The van der Waals surface area contributed by atoms with E-state index in [1.165, 1.54) is 24.3 Å². The number of aromatic nitrogens is 3. The number of benzene rings is 2. The van der Waals surface area contributed by atoms with Crippen LogP contribution in [0.5, 0.6) is 0 Å². The summed E-state index contributed by atoms with van der Waals surface area (Å²) in [5, 5.41) is 6.83. The van der Waals surface area contributed by atoms with Gasteiger partial charge in [-0.2, -0.15) is 5.10 Å². The molecule has 21 heavy (non-hydrogen) atoms. The molecule has 1 unspecified atom stereocenters. The van der Waals surface area contributed by atoms with Gasteiger partial charge >= 0.3 is 0 Å². The lowest BCUT2D eigenvalue weighted by molar-refractivity contribution is 0.626. The van der Waals surface area contributed by atoms with E-state index in [9.17, 15) is 8.78 Å². The van der Waals surface area contributed by atoms with Crippen LogP contribution in [0.15, 0.2) is 48.5 Å². The van der Waals surface area contributed by atoms with Crippen molar-refractivity contribution in [2.75, 3.05) is 0 Å². The van der Waals surface area contributed by atoms with Crippen LogP contribution < -0.4 is 5.73 Å². The quantitative estimate of drug-likeness (QED) is 0.778. The summed E-state index contributed by atoms with van der Waals surface area (Å²) in [5.74, 6) is 0.247. The Balaban J connectivity index is 1.87. The molecule has 0 radical (unpaired) electrons. The highest BCUT2D eigenvalue weighted by Gasteiger charge is 2.14. The van der Waals surface area contributed by atoms with Gasteiger partial charge in [0.2, 0.25) is 0 Å². The number of H-pyrrole nitrogens is 1. The minimum absolute atomic E-state index is 0.322. The monoisotopic (exact) mass is 286 g/mol. The third kappa shape index (κ3) is 2.80. The van der Waals surface area contributed by atoms with Crippen LogP contribution in [0.25, 0.3) is 11.4 Å². The number of nitrogens with one attached hydrogen (secondary N) is 1. The largest absolute Gasteiger partial charge is 0.318 e. The van der Waals surface area contributed by atoms with E-state index in [0.717, 1.165) is 5.56 Å². The molecule has 1 atom stereocenters. The number of aromatic amines is 1. The Morgan fingerprint density at radius 3 is 2.10 bits per heavy atom. The number of halogens is 2. The van der Waals surface area contributed by atoms with Crippen molar-refractivity contribution in [2.24, 2.45) is 5.73 Å². The van der Waals surface area contributed by atoms with Gasteiger partial charge in [-0.25, -0.2) is 13.8 Å². The van der Waals surface area contributed by atoms with Gasteiger partial charge in [-0.05, 0) is 42.0 Å². The first kappa shape index (κ1) is 13.4. The second kappa shape index (κ2) is 5.41. The summed E-state index contributed by atoms with van der Waals surface area (Å²) in [5.41, 5.74) is 7.47. The lowest BCUT2D eigenvalue weighted by Crippen LogP contribution is -2.13. The van der Waals surface area contributed by atoms with Crippen molar-refractivity contribution >= 4 is 0 Å². The summed E-state index contributed by atoms with van der Waals surface area (Å²) in [6.45, 7) is 0. The fourth-order valence-corrected chi connectivity index (χ4v) is 1.97. The van der Waals surface area contributed by atoms with Gasteiger partial charge in [-0.15, -0.1) is 0 Å². The van der Waals surface area contributed by atoms with Crippen molar-refractivity contribution in [3.05, 3.63) is 71.6 Å². The molecule has 1 aromatic heterocycles. The van der Waals surface area contributed by atoms with Crippen LogP contribution in [-0.4, -0.2) is 15.2 Å². The molecular formula is C15H12F2N4. The normalized spacial score (nSPS) is 12.3. The molecule has 1 heterocycles. The van der Waals surface area contributed by atoms with Gasteiger partial charge < -0.3 is 5.73 Å². The Bertz CT molecular complexity index is 735. The molecule has 0 saturated heterocycles. The zero-order valence-electron chi connectivity index (χ0n) is 10.9. The van der Waals surface area contributed by atoms with Crippen LogP contribution in [-0.2, 0) is 0 Å². The minimum atomic E-state index is -0.535. The molecule has 0 saturated carbocycles. The fourth-order valence-electron chi connectivity index (χ4n) is 1.97. The lowest BCUT2D eigenvalue weighted by atomic mass is 10.1. The second-order valence-electron chi connectivity index (χ2n) is 4.58. The Morgan fingerprint density at radius 1 is 0.905 bits per heavy atom. The van der Waals surface area contributed by atoms with Crippen molar-refractivity contribution < 1.29 is 8.78 Å². The average molecular weight is 286 g/mol. The highest BCUT2D eigenvalue weighted by atomic mass is 19.1. The fraction of sp³-hybridized carbons (Fsp3) is 0.0667. The van der Waals surface area contributed by atoms with Crippen LogP contribution >= 0.6 is 0 Å². The Labute approximate surface area is 119 Å². The van der Waals surface area contributed by atoms with E-state index in [4.69, 9.17) is 5.73 Å². The number of hydrogen-bond donors (Lipinski definition) is 2. The molecule has 0 bridgehead atoms. The molecule has 0 amide bonds. The maximum atomic E-state index is 12.9. The maximum absolute atomic E-state index is 12.9. The molecule has 3 rings (SSSR count). The first-order valence-electron chi connectivity index (χ1n) is 6.33. The Hall–Kier alpha value is -2.60. The summed E-state index contributed by atoms with van der Waals surface area (Å²) in [7, 11) is 0. The molecule has 0 fully saturated rings. The van der Waals surface area contributed by atoms with Crippen molar-refractivity contribution in [2.45, 2.75) is 6.04 Å². The molecule has 0 spiro atoms. The summed E-state index contributed by atoms with van der Waals surface area (Å²) < 4.78 is 25.8. The average Bonchev–Trinajstić information content (AvgIpc) is 2.98. The van der Waals surface area contributed by atoms with Gasteiger partial charge in [0.25, 0.3) is 0 Å². The smallest absolute Gasteiger partial charge is 0.181 e. The highest BCUT2D eigenvalue weighted by molar-refractivity contribution is 5.54. The molecule has 2 aromatic carbocycles. The van der Waals surface area contributed by atoms with E-state index in [2.05, 4.69) is 15.2 Å². The van der Waals surface area contributed by atoms with Crippen molar-refractivity contribution in [1.82, 2.24) is 15.2 Å². The van der Waals surface area contributed by atoms with E-state index in [1.54, 1.807) is 24.3 Å². The minimum Gasteiger partial charge on any atom is -0.318 e. The molecule has 6 heteroatoms. The van der Waals surface area contributed by atoms with Crippen molar-refractivity contribution in [3.8, 4) is 11.4 Å². The van der Waals surface area contributed by atoms with Crippen LogP contribution in [0.3, 0.4) is 0 Å². The molecule has 0 aliphatic carbocycles. The van der Waals surface area contributed by atoms with Gasteiger partial charge in [0.1, 0.15) is 17.5 Å². The summed E-state index contributed by atoms with van der Waals surface area (Å²) >= 11 is 0. The molecule has 0 aliphatic heterocycles. The summed E-state index contributed by atoms with van der Waals surface area (Å²) in [6, 6.07) is 11.2. The zero-order valence-corrected chi connectivity index (χ0v) is 10.9. The van der Waals surface area contributed by atoms with Crippen LogP contribution in [0.4, 0.5) is 8.78 Å². The topological polar surface area (TPSA) is 67.6 Å². The lowest BCUT2D eigenvalue weighted by Gasteiger charge is -2.07. The van der Waals surface area contributed by atoms with E-state index < -0.39 is 6.04 Å². The Kier molecular flexibility index (Phi) is 3.45. The zero-order chi connectivity index (χ0) is 14.8. The first-order chi connectivity index (χ1) is 10.1. The Morgan fingerprint density at radius 2 is 1.48 bits per heavy atom. The summed E-state index contributed by atoms with van der Waals surface area (Å²) in [6.07, 6.45) is 0. The SMILES string of the molecule is NC(c1ccc(F)cc1)c1nc(-c2ccc(F)cc2)n[nH]1. The van der Waals surface area contributed by atoms with Gasteiger partial charge in [0.15, 0.2) is 5.82 Å². The molecular weight excluding hydrogens is 274 g/mol. The first-order valence-corrected chi connectivity index (χ1v) is 6.33. The van der Waals surface area contributed by atoms with E-state index in [-0.39, 0.29) is 11.6 Å². The van der Waals surface area contributed by atoms with Crippen LogP contribution in [0, 0.1) is 11.6 Å². The third-order valence-electron chi connectivity index (χ3n) is 3.13. The number of nitrogens with two attached hydrogens (primary N) is 1. The van der Waals surface area contributed by atoms with Gasteiger partial charge in [0.05, 0.1) is 6.04 Å². The molecule has 4 nitrogen and oxygen atoms in total. The van der Waals surface area contributed by atoms with Gasteiger partial charge in [-0.1, -0.05) is 12.1 Å². The van der Waals surface area contributed by atoms with Crippen LogP contribution in [0.2, 0.25) is 0 Å². The summed E-state index contributed by atoms with van der Waals surface area (Å²) in [4.78, 5) is 4.30. The molecule has 3 aromatic rings. The molecule has 106 valence electrons. The standard InChI is InChI=1S/C15H12F2N4/c16-11-5-1-9(2-6-11)13(18)15-19-14(20-21-15)10-3-7-12(17)8-4-10/h1-8,13H,18H2,(H,19,20,21). The van der Waals surface area contributed by atoms with Crippen molar-refractivity contribution in [3.63, 3.8) is 0 Å². The predicted octanol–water partition coefficient (Wildman–Crippen LogP) is 2.80. The highest BCUT2D eigenvalue weighted by Crippen LogP contribution is 2.20. The number of rotatable bonds is 3. The van der Waals surface area contributed by atoms with Gasteiger partial charge in [0, 0.05) is 5.56 Å². The number of hydrogen-bond acceptors (Lipinski definition) is 3. The predicted molar refractivity (Wildman–Crippen MR) is 74.2 cm³/mol. The van der Waals surface area contributed by atoms with E-state index >= 15 is 0 Å². The van der Waals surface area contributed by atoms with Gasteiger partial charge in [-0.3, -0.25) is 5.10 Å². The number of nitrogens with zero attached hydrogens (tertiary/aromatic N) is 2.